The zero-order valence-electron chi connectivity index (χ0n) is 12.1. The Morgan fingerprint density at radius 3 is 3.00 bits per heavy atom. The summed E-state index contributed by atoms with van der Waals surface area (Å²) < 4.78 is 11.9. The molecule has 1 atom stereocenters. The molecule has 1 unspecified atom stereocenters. The van der Waals surface area contributed by atoms with Gasteiger partial charge in [0.15, 0.2) is 11.5 Å². The number of likely N-dealkylation sites (tertiary alicyclic amines) is 1. The third kappa shape index (κ3) is 3.05. The molecule has 3 aliphatic rings. The quantitative estimate of drug-likeness (QED) is 0.883. The van der Waals surface area contributed by atoms with Gasteiger partial charge in [0.2, 0.25) is 6.79 Å². The van der Waals surface area contributed by atoms with E-state index in [0.29, 0.717) is 6.79 Å². The van der Waals surface area contributed by atoms with Crippen LogP contribution in [-0.4, -0.2) is 37.4 Å². The first-order valence-corrected chi connectivity index (χ1v) is 8.61. The van der Waals surface area contributed by atoms with Crippen LogP contribution >= 0.6 is 15.9 Å². The molecular weight excluding hydrogens is 332 g/mol. The van der Waals surface area contributed by atoms with Crippen LogP contribution < -0.4 is 14.8 Å². The monoisotopic (exact) mass is 352 g/mol. The second-order valence-corrected chi connectivity index (χ2v) is 7.18. The van der Waals surface area contributed by atoms with Gasteiger partial charge in [-0.2, -0.15) is 0 Å². The molecule has 114 valence electrons. The van der Waals surface area contributed by atoms with E-state index in [1.165, 1.54) is 37.9 Å². The smallest absolute Gasteiger partial charge is 0.231 e. The summed E-state index contributed by atoms with van der Waals surface area (Å²) in [5, 5.41) is 3.60. The topological polar surface area (TPSA) is 33.7 Å². The molecule has 0 amide bonds. The summed E-state index contributed by atoms with van der Waals surface area (Å²) in [5.74, 6) is 2.49. The number of hydrogen-bond donors (Lipinski definition) is 1. The zero-order valence-corrected chi connectivity index (χ0v) is 13.7. The first-order chi connectivity index (χ1) is 10.3. The van der Waals surface area contributed by atoms with Gasteiger partial charge < -0.3 is 19.7 Å². The normalized spacial score (nSPS) is 24.7. The van der Waals surface area contributed by atoms with E-state index in [9.17, 15) is 0 Å². The molecule has 4 nitrogen and oxygen atoms in total. The van der Waals surface area contributed by atoms with E-state index in [-0.39, 0.29) is 0 Å². The summed E-state index contributed by atoms with van der Waals surface area (Å²) in [6.07, 6.45) is 4.19. The van der Waals surface area contributed by atoms with Crippen molar-refractivity contribution in [2.24, 2.45) is 5.92 Å². The van der Waals surface area contributed by atoms with Gasteiger partial charge in [0.1, 0.15) is 0 Å². The van der Waals surface area contributed by atoms with Crippen LogP contribution in [0, 0.1) is 5.92 Å². The predicted molar refractivity (Wildman–Crippen MR) is 84.7 cm³/mol. The molecule has 1 saturated carbocycles. The summed E-state index contributed by atoms with van der Waals surface area (Å²) in [5.41, 5.74) is 1.24. The fraction of sp³-hybridized carbons (Fsp3) is 0.625. The molecule has 1 saturated heterocycles. The summed E-state index contributed by atoms with van der Waals surface area (Å²) in [6, 6.07) is 5.11. The number of halogens is 1. The van der Waals surface area contributed by atoms with Crippen LogP contribution in [0.3, 0.4) is 0 Å². The van der Waals surface area contributed by atoms with E-state index in [0.717, 1.165) is 41.0 Å². The molecule has 1 aromatic carbocycles. The Morgan fingerprint density at radius 2 is 2.14 bits per heavy atom. The van der Waals surface area contributed by atoms with Crippen molar-refractivity contribution < 1.29 is 9.47 Å². The summed E-state index contributed by atoms with van der Waals surface area (Å²) in [7, 11) is 0. The van der Waals surface area contributed by atoms with Crippen molar-refractivity contribution in [3.63, 3.8) is 0 Å². The maximum atomic E-state index is 5.46. The highest BCUT2D eigenvalue weighted by atomic mass is 79.9. The standard InChI is InChI=1S/C16H21BrN2O2/c17-14-5-12(6-15-16(14)21-10-20-15)8-18-7-11-3-4-19(9-11)13-1-2-13/h5-6,11,13,18H,1-4,7-10H2. The molecule has 1 aromatic rings. The number of benzene rings is 1. The van der Waals surface area contributed by atoms with E-state index >= 15 is 0 Å². The Bertz CT molecular complexity index is 533. The lowest BCUT2D eigenvalue weighted by Gasteiger charge is -2.15. The molecule has 21 heavy (non-hydrogen) atoms. The van der Waals surface area contributed by atoms with Gasteiger partial charge >= 0.3 is 0 Å². The molecule has 0 spiro atoms. The molecule has 2 heterocycles. The maximum Gasteiger partial charge on any atom is 0.231 e. The Hall–Kier alpha value is -0.780. The third-order valence-electron chi connectivity index (χ3n) is 4.63. The molecule has 0 radical (unpaired) electrons. The van der Waals surface area contributed by atoms with Gasteiger partial charge in [-0.25, -0.2) is 0 Å². The van der Waals surface area contributed by atoms with Gasteiger partial charge in [-0.3, -0.25) is 0 Å². The van der Waals surface area contributed by atoms with E-state index < -0.39 is 0 Å². The van der Waals surface area contributed by atoms with E-state index in [1.807, 2.05) is 0 Å². The highest BCUT2D eigenvalue weighted by Gasteiger charge is 2.34. The van der Waals surface area contributed by atoms with Crippen LogP contribution in [0.15, 0.2) is 16.6 Å². The number of hydrogen-bond acceptors (Lipinski definition) is 4. The van der Waals surface area contributed by atoms with Crippen molar-refractivity contribution in [2.75, 3.05) is 26.4 Å². The summed E-state index contributed by atoms with van der Waals surface area (Å²) in [4.78, 5) is 2.67. The van der Waals surface area contributed by atoms with E-state index in [1.54, 1.807) is 0 Å². The highest BCUT2D eigenvalue weighted by Crippen LogP contribution is 2.40. The number of fused-ring (bicyclic) bond motifs is 1. The molecule has 5 heteroatoms. The van der Waals surface area contributed by atoms with Crippen molar-refractivity contribution in [1.29, 1.82) is 0 Å². The Balaban J connectivity index is 1.28. The van der Waals surface area contributed by atoms with Gasteiger partial charge in [0.05, 0.1) is 4.47 Å². The Kier molecular flexibility index (Phi) is 3.81. The first-order valence-electron chi connectivity index (χ1n) is 7.82. The molecule has 1 N–H and O–H groups in total. The summed E-state index contributed by atoms with van der Waals surface area (Å²) >= 11 is 3.55. The van der Waals surface area contributed by atoms with Crippen LogP contribution in [0.25, 0.3) is 0 Å². The fourth-order valence-corrected chi connectivity index (χ4v) is 3.95. The number of rotatable bonds is 5. The zero-order chi connectivity index (χ0) is 14.2. The first kappa shape index (κ1) is 13.9. The van der Waals surface area contributed by atoms with Gasteiger partial charge in [-0.05, 0) is 71.9 Å². The van der Waals surface area contributed by atoms with Crippen molar-refractivity contribution >= 4 is 15.9 Å². The van der Waals surface area contributed by atoms with Crippen molar-refractivity contribution in [1.82, 2.24) is 10.2 Å². The molecule has 0 bridgehead atoms. The minimum Gasteiger partial charge on any atom is -0.454 e. The molecule has 1 aliphatic carbocycles. The van der Waals surface area contributed by atoms with Crippen LogP contribution in [0.5, 0.6) is 11.5 Å². The van der Waals surface area contributed by atoms with Crippen LogP contribution in [0.1, 0.15) is 24.8 Å². The van der Waals surface area contributed by atoms with Gasteiger partial charge in [0, 0.05) is 19.1 Å². The molecular formula is C16H21BrN2O2. The summed E-state index contributed by atoms with van der Waals surface area (Å²) in [6.45, 7) is 4.89. The van der Waals surface area contributed by atoms with Crippen molar-refractivity contribution in [2.45, 2.75) is 31.8 Å². The average molecular weight is 353 g/mol. The van der Waals surface area contributed by atoms with E-state index in [4.69, 9.17) is 9.47 Å². The number of nitrogens with zero attached hydrogens (tertiary/aromatic N) is 1. The second kappa shape index (κ2) is 5.78. The SMILES string of the molecule is Brc1cc(CNCC2CCN(C3CC3)C2)cc2c1OCO2. The minimum atomic E-state index is 0.323. The van der Waals surface area contributed by atoms with Crippen molar-refractivity contribution in [3.8, 4) is 11.5 Å². The molecule has 2 aliphatic heterocycles. The van der Waals surface area contributed by atoms with Crippen LogP contribution in [0.2, 0.25) is 0 Å². The largest absolute Gasteiger partial charge is 0.454 e. The highest BCUT2D eigenvalue weighted by molar-refractivity contribution is 9.10. The lowest BCUT2D eigenvalue weighted by atomic mass is 10.1. The molecule has 0 aromatic heterocycles. The predicted octanol–water partition coefficient (Wildman–Crippen LogP) is 2.75. The molecule has 4 rings (SSSR count). The second-order valence-electron chi connectivity index (χ2n) is 6.32. The van der Waals surface area contributed by atoms with Gasteiger partial charge in [-0.15, -0.1) is 0 Å². The van der Waals surface area contributed by atoms with Gasteiger partial charge in [0.25, 0.3) is 0 Å². The van der Waals surface area contributed by atoms with Crippen LogP contribution in [-0.2, 0) is 6.54 Å². The fourth-order valence-electron chi connectivity index (χ4n) is 3.34. The Morgan fingerprint density at radius 1 is 1.24 bits per heavy atom. The van der Waals surface area contributed by atoms with Gasteiger partial charge in [-0.1, -0.05) is 0 Å². The average Bonchev–Trinajstić information content (AvgIpc) is 3.02. The lowest BCUT2D eigenvalue weighted by molar-refractivity contribution is 0.173. The number of nitrogens with one attached hydrogen (secondary N) is 1. The van der Waals surface area contributed by atoms with Crippen molar-refractivity contribution in [3.05, 3.63) is 22.2 Å². The lowest BCUT2D eigenvalue weighted by Crippen LogP contribution is -2.27. The third-order valence-corrected chi connectivity index (χ3v) is 5.22. The Labute approximate surface area is 133 Å². The van der Waals surface area contributed by atoms with E-state index in [2.05, 4.69) is 38.3 Å². The minimum absolute atomic E-state index is 0.323. The number of ether oxygens (including phenoxy) is 2. The van der Waals surface area contributed by atoms with Crippen LogP contribution in [0.4, 0.5) is 0 Å². The maximum absolute atomic E-state index is 5.46. The molecule has 2 fully saturated rings.